The lowest BCUT2D eigenvalue weighted by molar-refractivity contribution is 0.0600. The third kappa shape index (κ3) is 3.20. The number of carbonyl (C=O) groups excluding carboxylic acids is 2. The fraction of sp³-hybridized carbons (Fsp3) is 0.133. The summed E-state index contributed by atoms with van der Waals surface area (Å²) in [7, 11) is 1.31. The lowest BCUT2D eigenvalue weighted by Crippen LogP contribution is -2.13. The highest BCUT2D eigenvalue weighted by Gasteiger charge is 2.09. The molecule has 0 fully saturated rings. The van der Waals surface area contributed by atoms with Crippen molar-refractivity contribution in [2.24, 2.45) is 0 Å². The number of esters is 1. The van der Waals surface area contributed by atoms with Crippen LogP contribution >= 0.6 is 0 Å². The van der Waals surface area contributed by atoms with Crippen molar-refractivity contribution < 1.29 is 14.3 Å². The number of carbonyl (C=O) groups is 2. The van der Waals surface area contributed by atoms with E-state index < -0.39 is 5.97 Å². The molecule has 2 rings (SSSR count). The predicted octanol–water partition coefficient (Wildman–Crippen LogP) is 2.43. The highest BCUT2D eigenvalue weighted by atomic mass is 16.5. The number of ether oxygens (including phenoxy) is 1. The average molecular weight is 270 g/mol. The molecule has 5 heteroatoms. The number of aryl methyl sites for hydroxylation is 1. The Bertz CT molecular complexity index is 653. The summed E-state index contributed by atoms with van der Waals surface area (Å²) in [5.41, 5.74) is 2.20. The number of anilines is 1. The second-order valence-electron chi connectivity index (χ2n) is 4.21. The highest BCUT2D eigenvalue weighted by molar-refractivity contribution is 6.04. The molecule has 1 heterocycles. The first kappa shape index (κ1) is 13.7. The number of hydrogen-bond acceptors (Lipinski definition) is 4. The number of rotatable bonds is 3. The Morgan fingerprint density at radius 2 is 1.95 bits per heavy atom. The van der Waals surface area contributed by atoms with Crippen molar-refractivity contribution in [1.29, 1.82) is 0 Å². The Morgan fingerprint density at radius 3 is 2.65 bits per heavy atom. The molecule has 1 amide bonds. The molecule has 1 aromatic carbocycles. The Labute approximate surface area is 116 Å². The van der Waals surface area contributed by atoms with Gasteiger partial charge in [0.15, 0.2) is 0 Å². The second-order valence-corrected chi connectivity index (χ2v) is 4.21. The van der Waals surface area contributed by atoms with Gasteiger partial charge in [0.2, 0.25) is 0 Å². The Balaban J connectivity index is 2.18. The summed E-state index contributed by atoms with van der Waals surface area (Å²) in [5, 5.41) is 2.73. The average Bonchev–Trinajstić information content (AvgIpc) is 2.46. The Hall–Kier alpha value is -2.69. The largest absolute Gasteiger partial charge is 0.465 e. The first-order chi connectivity index (χ1) is 9.60. The molecule has 0 saturated carbocycles. The number of methoxy groups -OCH3 is 1. The van der Waals surface area contributed by atoms with Gasteiger partial charge in [-0.15, -0.1) is 0 Å². The number of pyridine rings is 1. The van der Waals surface area contributed by atoms with Gasteiger partial charge >= 0.3 is 5.97 Å². The maximum absolute atomic E-state index is 12.1. The van der Waals surface area contributed by atoms with Crippen molar-refractivity contribution in [2.75, 3.05) is 12.4 Å². The number of aromatic nitrogens is 1. The standard InChI is InChI=1S/C15H14N2O3/c1-10-8-11(6-7-16-10)14(18)17-13-5-3-4-12(9-13)15(19)20-2/h3-9H,1-2H3,(H,17,18). The van der Waals surface area contributed by atoms with Crippen molar-refractivity contribution in [3.63, 3.8) is 0 Å². The minimum atomic E-state index is -0.444. The fourth-order valence-corrected chi connectivity index (χ4v) is 1.73. The molecule has 0 radical (unpaired) electrons. The van der Waals surface area contributed by atoms with Crippen molar-refractivity contribution in [1.82, 2.24) is 4.98 Å². The van der Waals surface area contributed by atoms with Crippen LogP contribution in [0.25, 0.3) is 0 Å². The van der Waals surface area contributed by atoms with E-state index in [-0.39, 0.29) is 5.91 Å². The van der Waals surface area contributed by atoms with Crippen molar-refractivity contribution in [3.8, 4) is 0 Å². The van der Waals surface area contributed by atoms with Crippen LogP contribution in [0.2, 0.25) is 0 Å². The third-order valence-electron chi connectivity index (χ3n) is 2.70. The smallest absolute Gasteiger partial charge is 0.337 e. The molecule has 1 aromatic heterocycles. The van der Waals surface area contributed by atoms with E-state index in [9.17, 15) is 9.59 Å². The van der Waals surface area contributed by atoms with E-state index in [1.807, 2.05) is 6.92 Å². The van der Waals surface area contributed by atoms with Crippen LogP contribution in [-0.4, -0.2) is 24.0 Å². The van der Waals surface area contributed by atoms with Gasteiger partial charge < -0.3 is 10.1 Å². The van der Waals surface area contributed by atoms with Gasteiger partial charge in [-0.05, 0) is 37.3 Å². The van der Waals surface area contributed by atoms with Gasteiger partial charge in [0.05, 0.1) is 12.7 Å². The molecule has 0 saturated heterocycles. The van der Waals surface area contributed by atoms with E-state index in [0.29, 0.717) is 16.8 Å². The Morgan fingerprint density at radius 1 is 1.15 bits per heavy atom. The van der Waals surface area contributed by atoms with Crippen LogP contribution in [0.4, 0.5) is 5.69 Å². The van der Waals surface area contributed by atoms with Crippen LogP contribution in [0.5, 0.6) is 0 Å². The summed E-state index contributed by atoms with van der Waals surface area (Å²) in [6.45, 7) is 1.81. The molecule has 0 aliphatic heterocycles. The molecule has 0 atom stereocenters. The van der Waals surface area contributed by atoms with Gasteiger partial charge in [-0.3, -0.25) is 9.78 Å². The van der Waals surface area contributed by atoms with E-state index in [1.54, 1.807) is 42.6 Å². The zero-order chi connectivity index (χ0) is 14.5. The number of nitrogens with zero attached hydrogens (tertiary/aromatic N) is 1. The van der Waals surface area contributed by atoms with Gasteiger partial charge in [0.25, 0.3) is 5.91 Å². The Kier molecular flexibility index (Phi) is 4.10. The summed E-state index contributed by atoms with van der Waals surface area (Å²) in [4.78, 5) is 27.5. The molecule has 5 nitrogen and oxygen atoms in total. The summed E-state index contributed by atoms with van der Waals surface area (Å²) in [5.74, 6) is -0.696. The van der Waals surface area contributed by atoms with Gasteiger partial charge in [-0.25, -0.2) is 4.79 Å². The van der Waals surface area contributed by atoms with Gasteiger partial charge in [-0.2, -0.15) is 0 Å². The lowest BCUT2D eigenvalue weighted by Gasteiger charge is -2.07. The lowest BCUT2D eigenvalue weighted by atomic mass is 10.2. The zero-order valence-electron chi connectivity index (χ0n) is 11.2. The molecule has 20 heavy (non-hydrogen) atoms. The molecule has 0 unspecified atom stereocenters. The van der Waals surface area contributed by atoms with E-state index in [4.69, 9.17) is 0 Å². The van der Waals surface area contributed by atoms with E-state index in [2.05, 4.69) is 15.0 Å². The SMILES string of the molecule is COC(=O)c1cccc(NC(=O)c2ccnc(C)c2)c1. The highest BCUT2D eigenvalue weighted by Crippen LogP contribution is 2.13. The minimum absolute atomic E-state index is 0.252. The minimum Gasteiger partial charge on any atom is -0.465 e. The van der Waals surface area contributed by atoms with E-state index in [0.717, 1.165) is 5.69 Å². The number of nitrogens with one attached hydrogen (secondary N) is 1. The summed E-state index contributed by atoms with van der Waals surface area (Å²) in [6.07, 6.45) is 1.58. The van der Waals surface area contributed by atoms with Crippen molar-refractivity contribution >= 4 is 17.6 Å². The van der Waals surface area contributed by atoms with Crippen molar-refractivity contribution in [2.45, 2.75) is 6.92 Å². The summed E-state index contributed by atoms with van der Waals surface area (Å²) >= 11 is 0. The monoisotopic (exact) mass is 270 g/mol. The molecule has 0 bridgehead atoms. The maximum Gasteiger partial charge on any atom is 0.337 e. The molecule has 1 N–H and O–H groups in total. The number of hydrogen-bond donors (Lipinski definition) is 1. The van der Waals surface area contributed by atoms with Gasteiger partial charge in [0, 0.05) is 23.1 Å². The van der Waals surface area contributed by atoms with Gasteiger partial charge in [-0.1, -0.05) is 6.07 Å². The van der Waals surface area contributed by atoms with E-state index >= 15 is 0 Å². The van der Waals surface area contributed by atoms with Crippen molar-refractivity contribution in [3.05, 3.63) is 59.4 Å². The first-order valence-electron chi connectivity index (χ1n) is 6.02. The zero-order valence-corrected chi connectivity index (χ0v) is 11.2. The third-order valence-corrected chi connectivity index (χ3v) is 2.70. The molecular weight excluding hydrogens is 256 g/mol. The van der Waals surface area contributed by atoms with Crippen LogP contribution < -0.4 is 5.32 Å². The quantitative estimate of drug-likeness (QED) is 0.870. The van der Waals surface area contributed by atoms with Gasteiger partial charge in [0.1, 0.15) is 0 Å². The normalized spacial score (nSPS) is 9.90. The van der Waals surface area contributed by atoms with E-state index in [1.165, 1.54) is 7.11 Å². The van der Waals surface area contributed by atoms with Crippen LogP contribution in [0.15, 0.2) is 42.6 Å². The first-order valence-corrected chi connectivity index (χ1v) is 6.02. The molecule has 0 spiro atoms. The van der Waals surface area contributed by atoms with Crippen LogP contribution in [-0.2, 0) is 4.74 Å². The molecule has 102 valence electrons. The van der Waals surface area contributed by atoms with Crippen LogP contribution in [0, 0.1) is 6.92 Å². The van der Waals surface area contributed by atoms with Crippen LogP contribution in [0.1, 0.15) is 26.4 Å². The molecular formula is C15H14N2O3. The molecule has 0 aliphatic rings. The second kappa shape index (κ2) is 5.97. The number of benzene rings is 1. The maximum atomic E-state index is 12.1. The summed E-state index contributed by atoms with van der Waals surface area (Å²) < 4.78 is 4.64. The summed E-state index contributed by atoms with van der Waals surface area (Å²) in [6, 6.07) is 9.90. The molecule has 2 aromatic rings. The topological polar surface area (TPSA) is 68.3 Å². The number of amides is 1. The molecule has 0 aliphatic carbocycles. The fourth-order valence-electron chi connectivity index (χ4n) is 1.73. The predicted molar refractivity (Wildman–Crippen MR) is 74.7 cm³/mol. The van der Waals surface area contributed by atoms with Crippen LogP contribution in [0.3, 0.4) is 0 Å².